The summed E-state index contributed by atoms with van der Waals surface area (Å²) in [6.07, 6.45) is 4.51. The van der Waals surface area contributed by atoms with E-state index in [1.807, 2.05) is 20.2 Å². The van der Waals surface area contributed by atoms with E-state index in [1.165, 1.54) is 7.11 Å². The molecule has 0 saturated heterocycles. The Morgan fingerprint density at radius 1 is 1.50 bits per heavy atom. The number of rotatable bonds is 6. The van der Waals surface area contributed by atoms with Gasteiger partial charge in [0.1, 0.15) is 6.04 Å². The molecule has 1 heterocycles. The predicted octanol–water partition coefficient (Wildman–Crippen LogP) is 1.66. The van der Waals surface area contributed by atoms with Crippen molar-refractivity contribution in [3.05, 3.63) is 18.0 Å². The van der Waals surface area contributed by atoms with Crippen molar-refractivity contribution in [3.8, 4) is 0 Å². The highest BCUT2D eigenvalue weighted by Crippen LogP contribution is 2.15. The van der Waals surface area contributed by atoms with Crippen LogP contribution in [0.15, 0.2) is 12.4 Å². The molecule has 0 aliphatic rings. The Morgan fingerprint density at radius 3 is 2.61 bits per heavy atom. The van der Waals surface area contributed by atoms with Crippen molar-refractivity contribution in [3.63, 3.8) is 0 Å². The number of nitrogens with one attached hydrogen (secondary N) is 1. The molecule has 0 aliphatic carbocycles. The molecule has 2 atom stereocenters. The Bertz CT molecular complexity index is 387. The Morgan fingerprint density at radius 2 is 2.17 bits per heavy atom. The van der Waals surface area contributed by atoms with E-state index in [1.54, 1.807) is 10.9 Å². The van der Waals surface area contributed by atoms with Gasteiger partial charge >= 0.3 is 5.97 Å². The number of hydrogen-bond acceptors (Lipinski definition) is 4. The lowest BCUT2D eigenvalue weighted by Crippen LogP contribution is -2.40. The molecule has 1 N–H and O–H groups in total. The number of methoxy groups -OCH3 is 1. The highest BCUT2D eigenvalue weighted by atomic mass is 16.5. The Labute approximate surface area is 109 Å². The van der Waals surface area contributed by atoms with Gasteiger partial charge in [-0.15, -0.1) is 0 Å². The highest BCUT2D eigenvalue weighted by Gasteiger charge is 2.23. The first-order valence-electron chi connectivity index (χ1n) is 6.26. The number of esters is 1. The van der Waals surface area contributed by atoms with Crippen LogP contribution in [0.5, 0.6) is 0 Å². The molecule has 0 bridgehead atoms. The van der Waals surface area contributed by atoms with Gasteiger partial charge in [-0.05, 0) is 19.3 Å². The number of carbonyl (C=O) groups is 1. The molecular weight excluding hydrogens is 230 g/mol. The van der Waals surface area contributed by atoms with Crippen LogP contribution in [0.3, 0.4) is 0 Å². The molecule has 5 nitrogen and oxygen atoms in total. The van der Waals surface area contributed by atoms with E-state index in [4.69, 9.17) is 4.74 Å². The average molecular weight is 253 g/mol. The second-order valence-electron chi connectivity index (χ2n) is 5.04. The lowest BCUT2D eigenvalue weighted by atomic mass is 10.0. The van der Waals surface area contributed by atoms with Crippen molar-refractivity contribution in [2.75, 3.05) is 7.11 Å². The molecule has 0 aliphatic heterocycles. The fourth-order valence-electron chi connectivity index (χ4n) is 1.91. The first-order chi connectivity index (χ1) is 8.43. The number of nitrogens with zero attached hydrogens (tertiary/aromatic N) is 2. The average Bonchev–Trinajstić information content (AvgIpc) is 2.73. The van der Waals surface area contributed by atoms with E-state index in [-0.39, 0.29) is 18.1 Å². The van der Waals surface area contributed by atoms with Crippen molar-refractivity contribution < 1.29 is 9.53 Å². The summed E-state index contributed by atoms with van der Waals surface area (Å²) in [5.74, 6) is 0.224. The Hall–Kier alpha value is -1.36. The van der Waals surface area contributed by atoms with Crippen molar-refractivity contribution in [2.24, 2.45) is 13.0 Å². The second-order valence-corrected chi connectivity index (χ2v) is 5.04. The molecule has 102 valence electrons. The van der Waals surface area contributed by atoms with E-state index in [2.05, 4.69) is 24.3 Å². The smallest absolute Gasteiger partial charge is 0.322 e. The maximum atomic E-state index is 11.7. The normalized spacial score (nSPS) is 14.6. The Kier molecular flexibility index (Phi) is 5.34. The quantitative estimate of drug-likeness (QED) is 0.783. The summed E-state index contributed by atoms with van der Waals surface area (Å²) in [5, 5.41) is 7.43. The van der Waals surface area contributed by atoms with Crippen LogP contribution in [-0.4, -0.2) is 28.9 Å². The first kappa shape index (κ1) is 14.7. The van der Waals surface area contributed by atoms with Gasteiger partial charge in [-0.1, -0.05) is 13.8 Å². The molecular formula is C13H23N3O2. The maximum Gasteiger partial charge on any atom is 0.322 e. The Balaban J connectivity index is 2.67. The molecule has 5 heteroatoms. The summed E-state index contributed by atoms with van der Waals surface area (Å²) < 4.78 is 6.59. The molecule has 1 aromatic rings. The zero-order valence-corrected chi connectivity index (χ0v) is 11.8. The number of aromatic nitrogens is 2. The van der Waals surface area contributed by atoms with Gasteiger partial charge in [0.05, 0.1) is 13.3 Å². The summed E-state index contributed by atoms with van der Waals surface area (Å²) in [6, 6.07) is -0.202. The second kappa shape index (κ2) is 6.54. The minimum atomic E-state index is -0.273. The lowest BCUT2D eigenvalue weighted by Gasteiger charge is -2.22. The molecule has 0 spiro atoms. The van der Waals surface area contributed by atoms with Crippen LogP contribution in [0, 0.1) is 5.92 Å². The summed E-state index contributed by atoms with van der Waals surface area (Å²) >= 11 is 0. The van der Waals surface area contributed by atoms with Gasteiger partial charge in [-0.3, -0.25) is 14.8 Å². The zero-order chi connectivity index (χ0) is 13.7. The van der Waals surface area contributed by atoms with E-state index in [9.17, 15) is 4.79 Å². The van der Waals surface area contributed by atoms with E-state index >= 15 is 0 Å². The van der Waals surface area contributed by atoms with Gasteiger partial charge in [0.25, 0.3) is 0 Å². The third-order valence-corrected chi connectivity index (χ3v) is 2.87. The van der Waals surface area contributed by atoms with Crippen LogP contribution >= 0.6 is 0 Å². The summed E-state index contributed by atoms with van der Waals surface area (Å²) in [4.78, 5) is 11.7. The van der Waals surface area contributed by atoms with E-state index in [0.29, 0.717) is 5.92 Å². The van der Waals surface area contributed by atoms with Gasteiger partial charge in [-0.25, -0.2) is 0 Å². The van der Waals surface area contributed by atoms with Crippen molar-refractivity contribution in [1.82, 2.24) is 15.1 Å². The van der Waals surface area contributed by atoms with Crippen molar-refractivity contribution in [1.29, 1.82) is 0 Å². The standard InChI is InChI=1S/C13H23N3O2/c1-9(2)6-12(13(17)18-5)15-10(3)11-7-14-16(4)8-11/h7-10,12,15H,6H2,1-5H3. The predicted molar refractivity (Wildman–Crippen MR) is 70.0 cm³/mol. The van der Waals surface area contributed by atoms with E-state index in [0.717, 1.165) is 12.0 Å². The maximum absolute atomic E-state index is 11.7. The molecule has 1 rings (SSSR count). The number of hydrogen-bond donors (Lipinski definition) is 1. The van der Waals surface area contributed by atoms with Crippen molar-refractivity contribution >= 4 is 5.97 Å². The molecule has 2 unspecified atom stereocenters. The van der Waals surface area contributed by atoms with Crippen molar-refractivity contribution in [2.45, 2.75) is 39.3 Å². The SMILES string of the molecule is COC(=O)C(CC(C)C)NC(C)c1cnn(C)c1. The summed E-state index contributed by atoms with van der Waals surface area (Å²) in [5.41, 5.74) is 1.06. The molecule has 0 amide bonds. The number of carbonyl (C=O) groups excluding carboxylic acids is 1. The van der Waals surface area contributed by atoms with Crippen LogP contribution in [0.25, 0.3) is 0 Å². The number of aryl methyl sites for hydroxylation is 1. The number of ether oxygens (including phenoxy) is 1. The molecule has 0 aromatic carbocycles. The zero-order valence-electron chi connectivity index (χ0n) is 11.8. The lowest BCUT2D eigenvalue weighted by molar-refractivity contribution is -0.143. The van der Waals surface area contributed by atoms with Crippen LogP contribution in [0.4, 0.5) is 0 Å². The van der Waals surface area contributed by atoms with Crippen LogP contribution < -0.4 is 5.32 Å². The van der Waals surface area contributed by atoms with Crippen LogP contribution in [0.1, 0.15) is 38.8 Å². The third kappa shape index (κ3) is 4.14. The monoisotopic (exact) mass is 253 g/mol. The minimum Gasteiger partial charge on any atom is -0.468 e. The van der Waals surface area contributed by atoms with E-state index < -0.39 is 0 Å². The topological polar surface area (TPSA) is 56.1 Å². The van der Waals surface area contributed by atoms with Gasteiger partial charge in [0.15, 0.2) is 0 Å². The van der Waals surface area contributed by atoms with Gasteiger partial charge in [0.2, 0.25) is 0 Å². The molecule has 0 radical (unpaired) electrons. The largest absolute Gasteiger partial charge is 0.468 e. The summed E-state index contributed by atoms with van der Waals surface area (Å²) in [7, 11) is 3.30. The van der Waals surface area contributed by atoms with Crippen LogP contribution in [0.2, 0.25) is 0 Å². The third-order valence-electron chi connectivity index (χ3n) is 2.87. The summed E-state index contributed by atoms with van der Waals surface area (Å²) in [6.45, 7) is 6.20. The van der Waals surface area contributed by atoms with Gasteiger partial charge < -0.3 is 4.74 Å². The fraction of sp³-hybridized carbons (Fsp3) is 0.692. The molecule has 0 fully saturated rings. The van der Waals surface area contributed by atoms with Gasteiger partial charge in [-0.2, -0.15) is 5.10 Å². The van der Waals surface area contributed by atoms with Gasteiger partial charge in [0, 0.05) is 24.8 Å². The molecule has 0 saturated carbocycles. The molecule has 18 heavy (non-hydrogen) atoms. The molecule has 1 aromatic heterocycles. The fourth-order valence-corrected chi connectivity index (χ4v) is 1.91. The van der Waals surface area contributed by atoms with Crippen LogP contribution in [-0.2, 0) is 16.6 Å². The highest BCUT2D eigenvalue weighted by molar-refractivity contribution is 5.75. The minimum absolute atomic E-state index is 0.0709. The first-order valence-corrected chi connectivity index (χ1v) is 6.26.